The van der Waals surface area contributed by atoms with Crippen LogP contribution in [-0.4, -0.2) is 14.8 Å². The maximum Gasteiger partial charge on any atom is 0.192 e. The number of aromatic nitrogens is 3. The van der Waals surface area contributed by atoms with Crippen LogP contribution in [-0.2, 0) is 5.75 Å². The van der Waals surface area contributed by atoms with Gasteiger partial charge in [0.1, 0.15) is 0 Å². The molecule has 3 rings (SSSR count). The predicted octanol–water partition coefficient (Wildman–Crippen LogP) is 7.31. The van der Waals surface area contributed by atoms with Gasteiger partial charge in [-0.2, -0.15) is 0 Å². The lowest BCUT2D eigenvalue weighted by Gasteiger charge is -2.13. The van der Waals surface area contributed by atoms with Gasteiger partial charge >= 0.3 is 0 Å². The fourth-order valence-corrected chi connectivity index (χ4v) is 5.33. The molecule has 0 aliphatic heterocycles. The van der Waals surface area contributed by atoms with E-state index in [9.17, 15) is 0 Å². The number of thioether (sulfide) groups is 1. The normalized spacial score (nSPS) is 11.7. The Kier molecular flexibility index (Phi) is 6.33. The highest BCUT2D eigenvalue weighted by Crippen LogP contribution is 2.35. The van der Waals surface area contributed by atoms with E-state index in [4.69, 9.17) is 23.2 Å². The number of rotatable bonds is 6. The highest BCUT2D eigenvalue weighted by molar-refractivity contribution is 7.98. The molecule has 0 unspecified atom stereocenters. The lowest BCUT2D eigenvalue weighted by Crippen LogP contribution is -2.05. The largest absolute Gasteiger partial charge is 0.299 e. The SMILES string of the molecule is CC(C)c1cc(-c2nnc(SCc3c(Cl)cccc3Cl)n2C(C)C)cs1. The first-order valence-electron chi connectivity index (χ1n) is 8.47. The van der Waals surface area contributed by atoms with E-state index in [-0.39, 0.29) is 6.04 Å². The average molecular weight is 426 g/mol. The summed E-state index contributed by atoms with van der Waals surface area (Å²) in [5.41, 5.74) is 2.06. The van der Waals surface area contributed by atoms with Crippen LogP contribution in [0.5, 0.6) is 0 Å². The molecule has 0 bridgehead atoms. The average Bonchev–Trinajstić information content (AvgIpc) is 3.21. The molecule has 3 nitrogen and oxygen atoms in total. The molecule has 138 valence electrons. The maximum atomic E-state index is 6.29. The summed E-state index contributed by atoms with van der Waals surface area (Å²) >= 11 is 16.0. The third kappa shape index (κ3) is 4.11. The summed E-state index contributed by atoms with van der Waals surface area (Å²) in [7, 11) is 0. The molecule has 0 amide bonds. The molecule has 0 saturated carbocycles. The number of thiophene rings is 1. The van der Waals surface area contributed by atoms with Crippen molar-refractivity contribution in [1.29, 1.82) is 0 Å². The Morgan fingerprint density at radius 2 is 1.81 bits per heavy atom. The summed E-state index contributed by atoms with van der Waals surface area (Å²) < 4.78 is 2.18. The molecule has 0 aliphatic rings. The zero-order chi connectivity index (χ0) is 18.8. The Morgan fingerprint density at radius 3 is 2.38 bits per heavy atom. The molecule has 0 aliphatic carbocycles. The maximum absolute atomic E-state index is 6.29. The molecule has 2 aromatic heterocycles. The Bertz CT molecular complexity index is 880. The lowest BCUT2D eigenvalue weighted by molar-refractivity contribution is 0.555. The van der Waals surface area contributed by atoms with Crippen LogP contribution in [0.1, 0.15) is 50.1 Å². The first-order valence-corrected chi connectivity index (χ1v) is 11.1. The Labute approximate surface area is 172 Å². The third-order valence-electron chi connectivity index (χ3n) is 4.04. The third-order valence-corrected chi connectivity index (χ3v) is 6.95. The van der Waals surface area contributed by atoms with Crippen molar-refractivity contribution in [2.45, 2.75) is 50.6 Å². The topological polar surface area (TPSA) is 30.7 Å². The van der Waals surface area contributed by atoms with Gasteiger partial charge in [-0.15, -0.1) is 21.5 Å². The molecule has 0 atom stereocenters. The minimum Gasteiger partial charge on any atom is -0.299 e. The molecule has 0 fully saturated rings. The second-order valence-corrected chi connectivity index (χ2v) is 9.35. The first kappa shape index (κ1) is 19.7. The molecule has 0 saturated heterocycles. The van der Waals surface area contributed by atoms with E-state index < -0.39 is 0 Å². The van der Waals surface area contributed by atoms with Crippen LogP contribution in [0.15, 0.2) is 34.8 Å². The fraction of sp³-hybridized carbons (Fsp3) is 0.368. The zero-order valence-electron chi connectivity index (χ0n) is 15.2. The van der Waals surface area contributed by atoms with E-state index >= 15 is 0 Å². The summed E-state index contributed by atoms with van der Waals surface area (Å²) in [4.78, 5) is 1.36. The highest BCUT2D eigenvalue weighted by Gasteiger charge is 2.19. The van der Waals surface area contributed by atoms with Crippen LogP contribution in [0.2, 0.25) is 10.0 Å². The van der Waals surface area contributed by atoms with Crippen LogP contribution >= 0.6 is 46.3 Å². The molecular formula is C19H21Cl2N3S2. The van der Waals surface area contributed by atoms with Gasteiger partial charge in [0.15, 0.2) is 11.0 Å². The van der Waals surface area contributed by atoms with Crippen molar-refractivity contribution in [3.63, 3.8) is 0 Å². The monoisotopic (exact) mass is 425 g/mol. The summed E-state index contributed by atoms with van der Waals surface area (Å²) in [6.45, 7) is 8.71. The standard InChI is InChI=1S/C19H21Cl2N3S2/c1-11(2)17-8-13(9-25-17)18-22-23-19(24(18)12(3)4)26-10-14-15(20)6-5-7-16(14)21/h5-9,11-12H,10H2,1-4H3. The predicted molar refractivity (Wildman–Crippen MR) is 114 cm³/mol. The molecular weight excluding hydrogens is 405 g/mol. The fourth-order valence-electron chi connectivity index (χ4n) is 2.62. The van der Waals surface area contributed by atoms with Gasteiger partial charge in [0.2, 0.25) is 0 Å². The summed E-state index contributed by atoms with van der Waals surface area (Å²) in [6, 6.07) is 8.06. The summed E-state index contributed by atoms with van der Waals surface area (Å²) in [5.74, 6) is 2.08. The van der Waals surface area contributed by atoms with Gasteiger partial charge in [0, 0.05) is 37.7 Å². The van der Waals surface area contributed by atoms with Crippen LogP contribution in [0.4, 0.5) is 0 Å². The highest BCUT2D eigenvalue weighted by atomic mass is 35.5. The van der Waals surface area contributed by atoms with Crippen molar-refractivity contribution < 1.29 is 0 Å². The molecule has 1 aromatic carbocycles. The molecule has 0 N–H and O–H groups in total. The zero-order valence-corrected chi connectivity index (χ0v) is 18.3. The summed E-state index contributed by atoms with van der Waals surface area (Å²) in [6.07, 6.45) is 0. The Balaban J connectivity index is 1.90. The number of hydrogen-bond donors (Lipinski definition) is 0. The van der Waals surface area contributed by atoms with Crippen molar-refractivity contribution in [1.82, 2.24) is 14.8 Å². The van der Waals surface area contributed by atoms with Gasteiger partial charge in [0.25, 0.3) is 0 Å². The van der Waals surface area contributed by atoms with Gasteiger partial charge in [-0.25, -0.2) is 0 Å². The molecule has 7 heteroatoms. The van der Waals surface area contributed by atoms with E-state index in [1.54, 1.807) is 23.1 Å². The van der Waals surface area contributed by atoms with Gasteiger partial charge in [0.05, 0.1) is 0 Å². The minimum atomic E-state index is 0.256. The second-order valence-electron chi connectivity index (χ2n) is 6.65. The van der Waals surface area contributed by atoms with Crippen molar-refractivity contribution in [3.8, 4) is 11.4 Å². The van der Waals surface area contributed by atoms with Gasteiger partial charge < -0.3 is 0 Å². The smallest absolute Gasteiger partial charge is 0.192 e. The molecule has 2 heterocycles. The van der Waals surface area contributed by atoms with E-state index in [1.807, 2.05) is 18.2 Å². The van der Waals surface area contributed by atoms with Crippen LogP contribution in [0.25, 0.3) is 11.4 Å². The van der Waals surface area contributed by atoms with Gasteiger partial charge in [-0.1, -0.05) is 54.9 Å². The Morgan fingerprint density at radius 1 is 1.12 bits per heavy atom. The number of nitrogens with zero attached hydrogens (tertiary/aromatic N) is 3. The molecule has 0 spiro atoms. The summed E-state index contributed by atoms with van der Waals surface area (Å²) in [5, 5.41) is 13.3. The van der Waals surface area contributed by atoms with E-state index in [0.29, 0.717) is 21.7 Å². The lowest BCUT2D eigenvalue weighted by atomic mass is 10.1. The number of benzene rings is 1. The van der Waals surface area contributed by atoms with Crippen molar-refractivity contribution in [2.75, 3.05) is 0 Å². The number of halogens is 2. The van der Waals surface area contributed by atoms with Gasteiger partial charge in [-0.05, 0) is 43.5 Å². The van der Waals surface area contributed by atoms with E-state index in [2.05, 4.69) is 53.9 Å². The van der Waals surface area contributed by atoms with Crippen molar-refractivity contribution >= 4 is 46.3 Å². The van der Waals surface area contributed by atoms with E-state index in [1.165, 1.54) is 4.88 Å². The van der Waals surface area contributed by atoms with Crippen LogP contribution in [0, 0.1) is 0 Å². The quantitative estimate of drug-likeness (QED) is 0.387. The van der Waals surface area contributed by atoms with E-state index in [0.717, 1.165) is 22.1 Å². The van der Waals surface area contributed by atoms with Crippen LogP contribution < -0.4 is 0 Å². The first-order chi connectivity index (χ1) is 12.4. The van der Waals surface area contributed by atoms with Crippen molar-refractivity contribution in [2.24, 2.45) is 0 Å². The second kappa shape index (κ2) is 8.34. The Hall–Kier alpha value is -1.01. The molecule has 0 radical (unpaired) electrons. The minimum absolute atomic E-state index is 0.256. The number of hydrogen-bond acceptors (Lipinski definition) is 4. The van der Waals surface area contributed by atoms with Gasteiger partial charge in [-0.3, -0.25) is 4.57 Å². The molecule has 3 aromatic rings. The molecule has 26 heavy (non-hydrogen) atoms. The van der Waals surface area contributed by atoms with Crippen molar-refractivity contribution in [3.05, 3.63) is 50.1 Å². The van der Waals surface area contributed by atoms with Crippen LogP contribution in [0.3, 0.4) is 0 Å².